The molecule has 0 spiro atoms. The molecule has 0 saturated heterocycles. The summed E-state index contributed by atoms with van der Waals surface area (Å²) in [6, 6.07) is 0. The number of nitrogens with zero attached hydrogens (tertiary/aromatic N) is 4. The molecule has 0 aliphatic carbocycles. The number of hydrogen-bond donors (Lipinski definition) is 4. The van der Waals surface area contributed by atoms with Crippen molar-refractivity contribution >= 4 is 24.6 Å². The summed E-state index contributed by atoms with van der Waals surface area (Å²) in [7, 11) is -4.25. The van der Waals surface area contributed by atoms with Crippen LogP contribution < -0.4 is 5.73 Å². The fraction of sp³-hybridized carbons (Fsp3) is 0.500. The molecule has 2 rings (SSSR count). The van der Waals surface area contributed by atoms with Gasteiger partial charge in [0.1, 0.15) is 18.2 Å². The van der Waals surface area contributed by atoms with Gasteiger partial charge < -0.3 is 29.9 Å². The minimum absolute atomic E-state index is 0.273. The average Bonchev–Trinajstić information content (AvgIpc) is 2.83. The van der Waals surface area contributed by atoms with Crippen molar-refractivity contribution in [2.24, 2.45) is 0 Å². The highest BCUT2D eigenvalue weighted by atomic mass is 31.2. The summed E-state index contributed by atoms with van der Waals surface area (Å²) in [5.41, 5.74) is 6.70. The van der Waals surface area contributed by atoms with Gasteiger partial charge in [-0.1, -0.05) is 0 Å². The normalized spacial score (nSPS) is 13.7. The van der Waals surface area contributed by atoms with Crippen molar-refractivity contribution < 1.29 is 24.2 Å². The van der Waals surface area contributed by atoms with Crippen molar-refractivity contribution in [1.82, 2.24) is 19.5 Å². The molecular weight excluding hydrogens is 301 g/mol. The number of aliphatic hydroxyl groups is 1. The summed E-state index contributed by atoms with van der Waals surface area (Å²) in [6.45, 7) is 0.0586. The molecule has 0 unspecified atom stereocenters. The van der Waals surface area contributed by atoms with Crippen molar-refractivity contribution in [2.75, 3.05) is 18.7 Å². The van der Waals surface area contributed by atoms with Crippen LogP contribution in [0.5, 0.6) is 0 Å². The molecule has 2 aromatic rings. The molecule has 116 valence electrons. The van der Waals surface area contributed by atoms with Crippen LogP contribution >= 0.6 is 7.60 Å². The summed E-state index contributed by atoms with van der Waals surface area (Å²) in [5, 5.41) is 9.16. The Hall–Kier alpha value is -1.58. The molecule has 21 heavy (non-hydrogen) atoms. The predicted octanol–water partition coefficient (Wildman–Crippen LogP) is -0.689. The molecule has 0 radical (unpaired) electrons. The van der Waals surface area contributed by atoms with E-state index in [0.29, 0.717) is 24.1 Å². The third-order valence-electron chi connectivity index (χ3n) is 2.80. The second-order valence-corrected chi connectivity index (χ2v) is 6.01. The average molecular weight is 317 g/mol. The zero-order chi connectivity index (χ0) is 15.5. The molecule has 0 aliphatic rings. The van der Waals surface area contributed by atoms with E-state index in [1.807, 2.05) is 0 Å². The first-order valence-corrected chi connectivity index (χ1v) is 7.89. The van der Waals surface area contributed by atoms with Gasteiger partial charge in [0.25, 0.3) is 0 Å². The Bertz CT molecular complexity index is 656. The molecule has 11 heteroatoms. The molecule has 0 bridgehead atoms. The minimum Gasteiger partial charge on any atom is -0.394 e. The Morgan fingerprint density at radius 3 is 2.81 bits per heavy atom. The fourth-order valence-corrected chi connectivity index (χ4v) is 2.18. The standard InChI is InChI=1S/C10H16N5O5P/c11-9-8-10(13-4-12-9)15(5-14-8)2-1-7(3-16)20-6-21(17,18)19/h4-5,7,16H,1-3,6H2,(H2,11,12,13)(H2,17,18,19)/t7-/m0/s1. The van der Waals surface area contributed by atoms with E-state index >= 15 is 0 Å². The van der Waals surface area contributed by atoms with Crippen molar-refractivity contribution in [3.8, 4) is 0 Å². The zero-order valence-corrected chi connectivity index (χ0v) is 11.9. The second-order valence-electron chi connectivity index (χ2n) is 4.42. The number of rotatable bonds is 7. The highest BCUT2D eigenvalue weighted by Crippen LogP contribution is 2.34. The first-order valence-electron chi connectivity index (χ1n) is 6.09. The number of fused-ring (bicyclic) bond motifs is 1. The maximum Gasteiger partial charge on any atom is 0.350 e. The van der Waals surface area contributed by atoms with E-state index in [1.54, 1.807) is 4.57 Å². The number of nitrogens with two attached hydrogens (primary N) is 1. The lowest BCUT2D eigenvalue weighted by atomic mass is 10.2. The summed E-state index contributed by atoms with van der Waals surface area (Å²) in [4.78, 5) is 29.5. The number of aliphatic hydroxyl groups excluding tert-OH is 1. The van der Waals surface area contributed by atoms with Gasteiger partial charge in [-0.05, 0) is 6.42 Å². The maximum absolute atomic E-state index is 10.7. The van der Waals surface area contributed by atoms with Crippen LogP contribution in [0.3, 0.4) is 0 Å². The highest BCUT2D eigenvalue weighted by Gasteiger charge is 2.18. The summed E-state index contributed by atoms with van der Waals surface area (Å²) >= 11 is 0. The van der Waals surface area contributed by atoms with Crippen LogP contribution in [0.1, 0.15) is 6.42 Å². The molecule has 0 saturated carbocycles. The summed E-state index contributed by atoms with van der Waals surface area (Å²) in [5.74, 6) is 0.273. The van der Waals surface area contributed by atoms with Crippen LogP contribution in [0.2, 0.25) is 0 Å². The van der Waals surface area contributed by atoms with Gasteiger partial charge in [0.2, 0.25) is 0 Å². The highest BCUT2D eigenvalue weighted by molar-refractivity contribution is 7.51. The Balaban J connectivity index is 2.00. The first-order chi connectivity index (χ1) is 9.90. The molecule has 5 N–H and O–H groups in total. The molecule has 0 aliphatic heterocycles. The van der Waals surface area contributed by atoms with Crippen LogP contribution in [-0.4, -0.2) is 53.5 Å². The number of aromatic nitrogens is 4. The van der Waals surface area contributed by atoms with E-state index in [4.69, 9.17) is 25.4 Å². The molecule has 10 nitrogen and oxygen atoms in total. The maximum atomic E-state index is 10.7. The monoisotopic (exact) mass is 317 g/mol. The molecule has 0 aromatic carbocycles. The van der Waals surface area contributed by atoms with E-state index in [0.717, 1.165) is 0 Å². The number of anilines is 1. The second kappa shape index (κ2) is 6.46. The Kier molecular flexibility index (Phi) is 4.86. The third kappa shape index (κ3) is 4.19. The SMILES string of the molecule is Nc1ncnc2c1ncn2CC[C@@H](CO)OCP(=O)(O)O. The first kappa shape index (κ1) is 15.8. The van der Waals surface area contributed by atoms with Gasteiger partial charge in [-0.2, -0.15) is 0 Å². The van der Waals surface area contributed by atoms with Crippen LogP contribution in [0.25, 0.3) is 11.2 Å². The predicted molar refractivity (Wildman–Crippen MR) is 73.2 cm³/mol. The van der Waals surface area contributed by atoms with Crippen molar-refractivity contribution in [3.05, 3.63) is 12.7 Å². The van der Waals surface area contributed by atoms with Crippen LogP contribution in [0.4, 0.5) is 5.82 Å². The Morgan fingerprint density at radius 2 is 2.14 bits per heavy atom. The van der Waals surface area contributed by atoms with E-state index in [9.17, 15) is 4.57 Å². The van der Waals surface area contributed by atoms with Gasteiger partial charge in [0.05, 0.1) is 19.0 Å². The smallest absolute Gasteiger partial charge is 0.350 e. The molecular formula is C10H16N5O5P. The number of hydrogen-bond acceptors (Lipinski definition) is 7. The van der Waals surface area contributed by atoms with Crippen LogP contribution in [0, 0.1) is 0 Å². The minimum atomic E-state index is -4.25. The van der Waals surface area contributed by atoms with E-state index in [1.165, 1.54) is 12.7 Å². The van der Waals surface area contributed by atoms with Gasteiger partial charge in [0, 0.05) is 6.54 Å². The Labute approximate surface area is 119 Å². The van der Waals surface area contributed by atoms with Crippen LogP contribution in [0.15, 0.2) is 12.7 Å². The van der Waals surface area contributed by atoms with Gasteiger partial charge in [-0.25, -0.2) is 15.0 Å². The van der Waals surface area contributed by atoms with E-state index < -0.39 is 20.0 Å². The van der Waals surface area contributed by atoms with Crippen molar-refractivity contribution in [2.45, 2.75) is 19.1 Å². The number of imidazole rings is 1. The van der Waals surface area contributed by atoms with Crippen molar-refractivity contribution in [3.63, 3.8) is 0 Å². The zero-order valence-electron chi connectivity index (χ0n) is 11.0. The lowest BCUT2D eigenvalue weighted by Gasteiger charge is -2.16. The van der Waals surface area contributed by atoms with Gasteiger partial charge in [-0.15, -0.1) is 0 Å². The topological polar surface area (TPSA) is 157 Å². The van der Waals surface area contributed by atoms with Crippen LogP contribution in [-0.2, 0) is 15.8 Å². The summed E-state index contributed by atoms with van der Waals surface area (Å²) < 4.78 is 17.4. The van der Waals surface area contributed by atoms with Gasteiger partial charge in [0.15, 0.2) is 11.5 Å². The number of aryl methyl sites for hydroxylation is 1. The third-order valence-corrected chi connectivity index (χ3v) is 3.29. The lowest BCUT2D eigenvalue weighted by molar-refractivity contribution is 0.0227. The Morgan fingerprint density at radius 1 is 1.38 bits per heavy atom. The molecule has 0 fully saturated rings. The van der Waals surface area contributed by atoms with E-state index in [-0.39, 0.29) is 12.4 Å². The molecule has 2 heterocycles. The lowest BCUT2D eigenvalue weighted by Crippen LogP contribution is -2.20. The fourth-order valence-electron chi connectivity index (χ4n) is 1.78. The molecule has 2 aromatic heterocycles. The largest absolute Gasteiger partial charge is 0.394 e. The number of nitrogen functional groups attached to an aromatic ring is 1. The summed E-state index contributed by atoms with van der Waals surface area (Å²) in [6.07, 6.45) is 1.79. The number of ether oxygens (including phenoxy) is 1. The van der Waals surface area contributed by atoms with Crippen molar-refractivity contribution in [1.29, 1.82) is 0 Å². The quantitative estimate of drug-likeness (QED) is 0.485. The van der Waals surface area contributed by atoms with E-state index in [2.05, 4.69) is 15.0 Å². The van der Waals surface area contributed by atoms with Gasteiger partial charge >= 0.3 is 7.60 Å². The molecule has 1 atom stereocenters. The van der Waals surface area contributed by atoms with Gasteiger partial charge in [-0.3, -0.25) is 4.57 Å². The molecule has 0 amide bonds.